The van der Waals surface area contributed by atoms with Crippen molar-refractivity contribution in [2.75, 3.05) is 7.05 Å². The molecule has 0 spiro atoms. The van der Waals surface area contributed by atoms with Gasteiger partial charge >= 0.3 is 0 Å². The number of thiophene rings is 1. The number of rotatable bonds is 3. The van der Waals surface area contributed by atoms with Crippen molar-refractivity contribution < 1.29 is 0 Å². The maximum atomic E-state index is 3.39. The molecular formula is C14H17NS. The summed E-state index contributed by atoms with van der Waals surface area (Å²) in [5, 5.41) is 5.55. The summed E-state index contributed by atoms with van der Waals surface area (Å²) in [6, 6.07) is 11.2. The number of nitrogens with one attached hydrogen (secondary N) is 1. The van der Waals surface area contributed by atoms with E-state index in [2.05, 4.69) is 54.9 Å². The Bertz CT molecular complexity index is 456. The van der Waals surface area contributed by atoms with Crippen LogP contribution in [0.4, 0.5) is 0 Å². The predicted octanol–water partition coefficient (Wildman–Crippen LogP) is 3.67. The Kier molecular flexibility index (Phi) is 3.42. The first-order valence-corrected chi connectivity index (χ1v) is 6.38. The Morgan fingerprint density at radius 3 is 2.25 bits per heavy atom. The van der Waals surface area contributed by atoms with Crippen LogP contribution in [-0.4, -0.2) is 7.05 Å². The lowest BCUT2D eigenvalue weighted by atomic mass is 10.0. The van der Waals surface area contributed by atoms with Crippen molar-refractivity contribution in [1.29, 1.82) is 0 Å². The van der Waals surface area contributed by atoms with Gasteiger partial charge in [0.2, 0.25) is 0 Å². The van der Waals surface area contributed by atoms with E-state index in [0.29, 0.717) is 6.04 Å². The van der Waals surface area contributed by atoms with Gasteiger partial charge in [-0.1, -0.05) is 29.8 Å². The third-order valence-electron chi connectivity index (χ3n) is 2.86. The van der Waals surface area contributed by atoms with Gasteiger partial charge in [-0.25, -0.2) is 0 Å². The van der Waals surface area contributed by atoms with Crippen LogP contribution in [0.2, 0.25) is 0 Å². The van der Waals surface area contributed by atoms with E-state index in [4.69, 9.17) is 0 Å². The lowest BCUT2D eigenvalue weighted by molar-refractivity contribution is 0.700. The van der Waals surface area contributed by atoms with Gasteiger partial charge < -0.3 is 5.32 Å². The summed E-state index contributed by atoms with van der Waals surface area (Å²) in [6.07, 6.45) is 0. The summed E-state index contributed by atoms with van der Waals surface area (Å²) in [6.45, 7) is 4.29. The molecule has 2 heteroatoms. The SMILES string of the molecule is CNC(c1ccc(C)cc1)c1sccc1C. The standard InChI is InChI=1S/C14H17NS/c1-10-4-6-12(7-5-10)13(15-3)14-11(2)8-9-16-14/h4-9,13,15H,1-3H3. The van der Waals surface area contributed by atoms with Gasteiger partial charge in [0.25, 0.3) is 0 Å². The minimum absolute atomic E-state index is 0.320. The van der Waals surface area contributed by atoms with Crippen molar-refractivity contribution in [2.45, 2.75) is 19.9 Å². The fourth-order valence-electron chi connectivity index (χ4n) is 1.89. The Labute approximate surface area is 101 Å². The quantitative estimate of drug-likeness (QED) is 0.850. The first kappa shape index (κ1) is 11.4. The van der Waals surface area contributed by atoms with Crippen LogP contribution in [0, 0.1) is 13.8 Å². The Morgan fingerprint density at radius 2 is 1.75 bits per heavy atom. The van der Waals surface area contributed by atoms with Gasteiger partial charge in [-0.15, -0.1) is 11.3 Å². The molecule has 0 saturated heterocycles. The summed E-state index contributed by atoms with van der Waals surface area (Å²) in [4.78, 5) is 1.41. The molecule has 2 aromatic rings. The molecule has 84 valence electrons. The van der Waals surface area contributed by atoms with E-state index in [-0.39, 0.29) is 0 Å². The Balaban J connectivity index is 2.37. The molecule has 0 fully saturated rings. The molecule has 0 saturated carbocycles. The maximum absolute atomic E-state index is 3.39. The van der Waals surface area contributed by atoms with E-state index >= 15 is 0 Å². The monoisotopic (exact) mass is 231 g/mol. The molecule has 2 rings (SSSR count). The average molecular weight is 231 g/mol. The smallest absolute Gasteiger partial charge is 0.0671 e. The lowest BCUT2D eigenvalue weighted by Gasteiger charge is -2.16. The van der Waals surface area contributed by atoms with Crippen molar-refractivity contribution in [3.05, 3.63) is 57.3 Å². The summed E-state index contributed by atoms with van der Waals surface area (Å²) >= 11 is 1.82. The van der Waals surface area contributed by atoms with Gasteiger partial charge in [-0.2, -0.15) is 0 Å². The van der Waals surface area contributed by atoms with E-state index in [9.17, 15) is 0 Å². The summed E-state index contributed by atoms with van der Waals surface area (Å²) in [5.41, 5.74) is 4.00. The average Bonchev–Trinajstić information content (AvgIpc) is 2.69. The Morgan fingerprint density at radius 1 is 1.06 bits per heavy atom. The third-order valence-corrected chi connectivity index (χ3v) is 3.95. The number of benzene rings is 1. The first-order valence-electron chi connectivity index (χ1n) is 5.50. The zero-order chi connectivity index (χ0) is 11.5. The van der Waals surface area contributed by atoms with Crippen molar-refractivity contribution in [3.8, 4) is 0 Å². The summed E-state index contributed by atoms with van der Waals surface area (Å²) < 4.78 is 0. The molecule has 1 aromatic carbocycles. The highest BCUT2D eigenvalue weighted by atomic mass is 32.1. The zero-order valence-corrected chi connectivity index (χ0v) is 10.8. The molecule has 16 heavy (non-hydrogen) atoms. The molecule has 0 amide bonds. The number of hydrogen-bond donors (Lipinski definition) is 1. The fourth-order valence-corrected chi connectivity index (χ4v) is 2.95. The second-order valence-electron chi connectivity index (χ2n) is 4.10. The highest BCUT2D eigenvalue weighted by molar-refractivity contribution is 7.10. The van der Waals surface area contributed by atoms with Crippen molar-refractivity contribution in [2.24, 2.45) is 0 Å². The molecule has 1 aromatic heterocycles. The number of hydrogen-bond acceptors (Lipinski definition) is 2. The molecule has 1 N–H and O–H groups in total. The van der Waals surface area contributed by atoms with Crippen LogP contribution in [0.25, 0.3) is 0 Å². The van der Waals surface area contributed by atoms with E-state index < -0.39 is 0 Å². The van der Waals surface area contributed by atoms with Crippen LogP contribution in [0.5, 0.6) is 0 Å². The number of aryl methyl sites for hydroxylation is 2. The van der Waals surface area contributed by atoms with Gasteiger partial charge in [-0.05, 0) is 43.5 Å². The van der Waals surface area contributed by atoms with Gasteiger partial charge in [0.05, 0.1) is 6.04 Å². The van der Waals surface area contributed by atoms with Crippen LogP contribution in [0.15, 0.2) is 35.7 Å². The van der Waals surface area contributed by atoms with Crippen molar-refractivity contribution >= 4 is 11.3 Å². The fraction of sp³-hybridized carbons (Fsp3) is 0.286. The molecule has 0 aliphatic heterocycles. The van der Waals surface area contributed by atoms with Crippen molar-refractivity contribution in [1.82, 2.24) is 5.32 Å². The molecule has 0 radical (unpaired) electrons. The molecule has 1 unspecified atom stereocenters. The van der Waals surface area contributed by atoms with E-state index in [1.54, 1.807) is 0 Å². The maximum Gasteiger partial charge on any atom is 0.0671 e. The molecule has 1 nitrogen and oxygen atoms in total. The minimum Gasteiger partial charge on any atom is -0.309 e. The predicted molar refractivity (Wildman–Crippen MR) is 71.1 cm³/mol. The molecule has 1 atom stereocenters. The zero-order valence-electron chi connectivity index (χ0n) is 9.95. The van der Waals surface area contributed by atoms with E-state index in [0.717, 1.165) is 0 Å². The molecule has 1 heterocycles. The largest absolute Gasteiger partial charge is 0.309 e. The second-order valence-corrected chi connectivity index (χ2v) is 5.05. The second kappa shape index (κ2) is 4.81. The van der Waals surface area contributed by atoms with Crippen LogP contribution < -0.4 is 5.32 Å². The normalized spacial score (nSPS) is 12.7. The molecular weight excluding hydrogens is 214 g/mol. The van der Waals surface area contributed by atoms with E-state index in [1.807, 2.05) is 18.4 Å². The first-order chi connectivity index (χ1) is 7.72. The van der Waals surface area contributed by atoms with Crippen LogP contribution in [0.3, 0.4) is 0 Å². The van der Waals surface area contributed by atoms with Crippen LogP contribution >= 0.6 is 11.3 Å². The lowest BCUT2D eigenvalue weighted by Crippen LogP contribution is -2.17. The van der Waals surface area contributed by atoms with Gasteiger partial charge in [0.15, 0.2) is 0 Å². The van der Waals surface area contributed by atoms with Gasteiger partial charge in [0, 0.05) is 4.88 Å². The van der Waals surface area contributed by atoms with Crippen LogP contribution in [-0.2, 0) is 0 Å². The van der Waals surface area contributed by atoms with Gasteiger partial charge in [0.1, 0.15) is 0 Å². The topological polar surface area (TPSA) is 12.0 Å². The van der Waals surface area contributed by atoms with E-state index in [1.165, 1.54) is 21.6 Å². The highest BCUT2D eigenvalue weighted by Crippen LogP contribution is 2.29. The van der Waals surface area contributed by atoms with Crippen molar-refractivity contribution in [3.63, 3.8) is 0 Å². The minimum atomic E-state index is 0.320. The van der Waals surface area contributed by atoms with Crippen LogP contribution in [0.1, 0.15) is 27.6 Å². The third kappa shape index (κ3) is 2.18. The Hall–Kier alpha value is -1.12. The molecule has 0 aliphatic carbocycles. The summed E-state index contributed by atoms with van der Waals surface area (Å²) in [5.74, 6) is 0. The summed E-state index contributed by atoms with van der Waals surface area (Å²) in [7, 11) is 2.02. The molecule has 0 bridgehead atoms. The molecule has 0 aliphatic rings. The van der Waals surface area contributed by atoms with Gasteiger partial charge in [-0.3, -0.25) is 0 Å². The highest BCUT2D eigenvalue weighted by Gasteiger charge is 2.14.